The highest BCUT2D eigenvalue weighted by Crippen LogP contribution is 2.23. The summed E-state index contributed by atoms with van der Waals surface area (Å²) in [6.07, 6.45) is 5.51. The normalized spacial score (nSPS) is 12.3. The maximum absolute atomic E-state index is 6.24. The van der Waals surface area contributed by atoms with E-state index in [-0.39, 0.29) is 0 Å². The highest BCUT2D eigenvalue weighted by Gasteiger charge is 2.14. The lowest BCUT2D eigenvalue weighted by molar-refractivity contribution is 0.477. The Balaban J connectivity index is 2.11. The second kappa shape index (κ2) is 8.52. The number of halogens is 2. The van der Waals surface area contributed by atoms with Crippen LogP contribution in [-0.4, -0.2) is 18.1 Å². The molecular weight excluding hydrogens is 348 g/mol. The molecule has 1 aromatic carbocycles. The fraction of sp³-hybridized carbons (Fsp3) is 0.353. The number of aromatic nitrogens is 1. The Morgan fingerprint density at radius 1 is 1.19 bits per heavy atom. The monoisotopic (exact) mass is 366 g/mol. The number of rotatable bonds is 7. The lowest BCUT2D eigenvalue weighted by Gasteiger charge is -2.19. The molecule has 2 aromatic rings. The summed E-state index contributed by atoms with van der Waals surface area (Å²) in [5.74, 6) is 0.503. The Labute approximate surface area is 140 Å². The van der Waals surface area contributed by atoms with Crippen LogP contribution in [0.1, 0.15) is 18.1 Å². The number of benzene rings is 1. The third-order valence-electron chi connectivity index (χ3n) is 3.51. The van der Waals surface area contributed by atoms with E-state index in [4.69, 9.17) is 11.6 Å². The van der Waals surface area contributed by atoms with Gasteiger partial charge in [0.05, 0.1) is 5.02 Å². The highest BCUT2D eigenvalue weighted by molar-refractivity contribution is 9.10. The molecule has 1 unspecified atom stereocenters. The minimum Gasteiger partial charge on any atom is -0.317 e. The summed E-state index contributed by atoms with van der Waals surface area (Å²) in [7, 11) is 0. The zero-order chi connectivity index (χ0) is 15.1. The zero-order valence-electron chi connectivity index (χ0n) is 12.2. The van der Waals surface area contributed by atoms with E-state index in [1.54, 1.807) is 6.20 Å². The first-order valence-electron chi connectivity index (χ1n) is 7.23. The highest BCUT2D eigenvalue weighted by atomic mass is 79.9. The second-order valence-corrected chi connectivity index (χ2v) is 6.40. The Morgan fingerprint density at radius 3 is 2.67 bits per heavy atom. The molecule has 0 aliphatic rings. The summed E-state index contributed by atoms with van der Waals surface area (Å²) in [6.45, 7) is 4.10. The Bertz CT molecular complexity index is 527. The van der Waals surface area contributed by atoms with E-state index in [9.17, 15) is 0 Å². The van der Waals surface area contributed by atoms with Crippen molar-refractivity contribution in [1.29, 1.82) is 0 Å². The third kappa shape index (κ3) is 5.10. The van der Waals surface area contributed by atoms with Gasteiger partial charge in [0.15, 0.2) is 0 Å². The van der Waals surface area contributed by atoms with Crippen molar-refractivity contribution in [2.24, 2.45) is 5.92 Å². The molecule has 1 atom stereocenters. The van der Waals surface area contributed by atoms with E-state index in [2.05, 4.69) is 51.4 Å². The molecule has 2 rings (SSSR count). The van der Waals surface area contributed by atoms with Gasteiger partial charge in [-0.3, -0.25) is 4.98 Å². The molecule has 1 heterocycles. The van der Waals surface area contributed by atoms with Crippen LogP contribution in [0.25, 0.3) is 0 Å². The zero-order valence-corrected chi connectivity index (χ0v) is 14.5. The van der Waals surface area contributed by atoms with E-state index >= 15 is 0 Å². The van der Waals surface area contributed by atoms with Crippen LogP contribution in [0, 0.1) is 5.92 Å². The summed E-state index contributed by atoms with van der Waals surface area (Å²) in [5.41, 5.74) is 2.51. The quantitative estimate of drug-likeness (QED) is 0.779. The SMILES string of the molecule is CCNCC(Cc1ccncc1Cl)Cc1ccccc1Br. The summed E-state index contributed by atoms with van der Waals surface area (Å²) >= 11 is 9.88. The van der Waals surface area contributed by atoms with Crippen molar-refractivity contribution in [3.63, 3.8) is 0 Å². The number of pyridine rings is 1. The van der Waals surface area contributed by atoms with Gasteiger partial charge in [-0.1, -0.05) is 52.7 Å². The van der Waals surface area contributed by atoms with Crippen LogP contribution in [0.4, 0.5) is 0 Å². The van der Waals surface area contributed by atoms with Gasteiger partial charge in [-0.15, -0.1) is 0 Å². The smallest absolute Gasteiger partial charge is 0.0621 e. The van der Waals surface area contributed by atoms with Gasteiger partial charge in [-0.05, 0) is 55.1 Å². The molecule has 2 nitrogen and oxygen atoms in total. The van der Waals surface area contributed by atoms with Crippen molar-refractivity contribution in [2.75, 3.05) is 13.1 Å². The average molecular weight is 368 g/mol. The summed E-state index contributed by atoms with van der Waals surface area (Å²) in [4.78, 5) is 4.06. The maximum Gasteiger partial charge on any atom is 0.0621 e. The van der Waals surface area contributed by atoms with Crippen LogP contribution in [0.2, 0.25) is 5.02 Å². The van der Waals surface area contributed by atoms with Crippen LogP contribution >= 0.6 is 27.5 Å². The van der Waals surface area contributed by atoms with Gasteiger partial charge >= 0.3 is 0 Å². The maximum atomic E-state index is 6.24. The Morgan fingerprint density at radius 2 is 1.95 bits per heavy atom. The molecule has 0 aliphatic carbocycles. The molecule has 1 N–H and O–H groups in total. The Kier molecular flexibility index (Phi) is 6.68. The van der Waals surface area contributed by atoms with Crippen LogP contribution in [0.5, 0.6) is 0 Å². The van der Waals surface area contributed by atoms with Crippen molar-refractivity contribution < 1.29 is 0 Å². The van der Waals surface area contributed by atoms with E-state index in [1.165, 1.54) is 15.6 Å². The molecule has 112 valence electrons. The molecule has 1 aromatic heterocycles. The van der Waals surface area contributed by atoms with Gasteiger partial charge in [-0.25, -0.2) is 0 Å². The molecule has 0 fully saturated rings. The molecular formula is C17H20BrClN2. The van der Waals surface area contributed by atoms with Crippen molar-refractivity contribution in [1.82, 2.24) is 10.3 Å². The van der Waals surface area contributed by atoms with Gasteiger partial charge < -0.3 is 5.32 Å². The number of hydrogen-bond acceptors (Lipinski definition) is 2. The standard InChI is InChI=1S/C17H20BrClN2/c1-2-20-11-13(9-14-5-3-4-6-16(14)18)10-15-7-8-21-12-17(15)19/h3-8,12-13,20H,2,9-11H2,1H3. The second-order valence-electron chi connectivity index (χ2n) is 5.14. The first-order valence-corrected chi connectivity index (χ1v) is 8.40. The molecule has 0 amide bonds. The van der Waals surface area contributed by atoms with Crippen molar-refractivity contribution >= 4 is 27.5 Å². The molecule has 0 saturated heterocycles. The molecule has 0 aliphatic heterocycles. The predicted molar refractivity (Wildman–Crippen MR) is 92.8 cm³/mol. The van der Waals surface area contributed by atoms with Crippen LogP contribution in [-0.2, 0) is 12.8 Å². The number of hydrogen-bond donors (Lipinski definition) is 1. The minimum absolute atomic E-state index is 0.503. The largest absolute Gasteiger partial charge is 0.317 e. The first kappa shape index (κ1) is 16.5. The van der Waals surface area contributed by atoms with E-state index < -0.39 is 0 Å². The summed E-state index contributed by atoms with van der Waals surface area (Å²) < 4.78 is 1.17. The molecule has 0 bridgehead atoms. The lowest BCUT2D eigenvalue weighted by atomic mass is 9.93. The predicted octanol–water partition coefficient (Wildman–Crippen LogP) is 4.51. The van der Waals surface area contributed by atoms with Crippen LogP contribution in [0.15, 0.2) is 47.2 Å². The van der Waals surface area contributed by atoms with Crippen molar-refractivity contribution in [2.45, 2.75) is 19.8 Å². The first-order chi connectivity index (χ1) is 10.2. The molecule has 0 saturated carbocycles. The fourth-order valence-electron chi connectivity index (χ4n) is 2.42. The molecule has 0 radical (unpaired) electrons. The molecule has 4 heteroatoms. The van der Waals surface area contributed by atoms with Gasteiger partial charge in [-0.2, -0.15) is 0 Å². The lowest BCUT2D eigenvalue weighted by Crippen LogP contribution is -2.26. The minimum atomic E-state index is 0.503. The topological polar surface area (TPSA) is 24.9 Å². The fourth-order valence-corrected chi connectivity index (χ4v) is 3.06. The van der Waals surface area contributed by atoms with Gasteiger partial charge in [0.2, 0.25) is 0 Å². The Hall–Kier alpha value is -0.900. The van der Waals surface area contributed by atoms with Crippen molar-refractivity contribution in [3.8, 4) is 0 Å². The number of nitrogens with one attached hydrogen (secondary N) is 1. The molecule has 0 spiro atoms. The number of nitrogens with zero attached hydrogens (tertiary/aromatic N) is 1. The van der Waals surface area contributed by atoms with E-state index in [0.717, 1.165) is 31.0 Å². The van der Waals surface area contributed by atoms with Crippen LogP contribution < -0.4 is 5.32 Å². The average Bonchev–Trinajstić information content (AvgIpc) is 2.49. The summed E-state index contributed by atoms with van der Waals surface area (Å²) in [5, 5.41) is 4.21. The summed E-state index contributed by atoms with van der Waals surface area (Å²) in [6, 6.07) is 10.4. The van der Waals surface area contributed by atoms with Crippen molar-refractivity contribution in [3.05, 3.63) is 63.3 Å². The van der Waals surface area contributed by atoms with E-state index in [1.807, 2.05) is 18.3 Å². The van der Waals surface area contributed by atoms with Gasteiger partial charge in [0, 0.05) is 16.9 Å². The third-order valence-corrected chi connectivity index (χ3v) is 4.63. The van der Waals surface area contributed by atoms with Crippen LogP contribution in [0.3, 0.4) is 0 Å². The van der Waals surface area contributed by atoms with E-state index in [0.29, 0.717) is 5.92 Å². The van der Waals surface area contributed by atoms with Gasteiger partial charge in [0.1, 0.15) is 0 Å². The molecule has 21 heavy (non-hydrogen) atoms. The van der Waals surface area contributed by atoms with Gasteiger partial charge in [0.25, 0.3) is 0 Å².